The van der Waals surface area contributed by atoms with Crippen LogP contribution < -0.4 is 10.1 Å². The van der Waals surface area contributed by atoms with Crippen LogP contribution in [0.3, 0.4) is 0 Å². The van der Waals surface area contributed by atoms with Gasteiger partial charge in [-0.25, -0.2) is 9.18 Å². The highest BCUT2D eigenvalue weighted by atomic mass is 19.1. The van der Waals surface area contributed by atoms with Crippen molar-refractivity contribution in [3.05, 3.63) is 33.6 Å². The van der Waals surface area contributed by atoms with Crippen LogP contribution in [0.15, 0.2) is 12.1 Å². The van der Waals surface area contributed by atoms with Crippen molar-refractivity contribution in [3.8, 4) is 5.75 Å². The van der Waals surface area contributed by atoms with E-state index in [9.17, 15) is 19.3 Å². The van der Waals surface area contributed by atoms with Gasteiger partial charge >= 0.3 is 11.8 Å². The lowest BCUT2D eigenvalue weighted by Crippen LogP contribution is -2.39. The number of hydrogen-bond acceptors (Lipinski definition) is 6. The van der Waals surface area contributed by atoms with Gasteiger partial charge in [-0.1, -0.05) is 0 Å². The van der Waals surface area contributed by atoms with E-state index in [-0.39, 0.29) is 36.3 Å². The first-order chi connectivity index (χ1) is 11.5. The molecule has 0 aliphatic heterocycles. The van der Waals surface area contributed by atoms with Crippen LogP contribution in [0.1, 0.15) is 33.3 Å². The highest BCUT2D eigenvalue weighted by molar-refractivity contribution is 5.68. The SMILES string of the molecule is COc1cc(F)c(COCC(C)NC(=O)OC(C)(C)C)cc1[N+](=O)[O-]. The molecule has 0 aromatic heterocycles. The summed E-state index contributed by atoms with van der Waals surface area (Å²) in [5.41, 5.74) is -0.935. The minimum absolute atomic E-state index is 0.0250. The number of methoxy groups -OCH3 is 1. The van der Waals surface area contributed by atoms with Gasteiger partial charge in [0, 0.05) is 17.7 Å². The van der Waals surface area contributed by atoms with Gasteiger partial charge in [0.1, 0.15) is 11.4 Å². The van der Waals surface area contributed by atoms with Gasteiger partial charge in [-0.2, -0.15) is 0 Å². The molecule has 0 aliphatic rings. The molecule has 1 aromatic carbocycles. The first-order valence-electron chi connectivity index (χ1n) is 7.61. The number of nitrogens with one attached hydrogen (secondary N) is 1. The number of carbonyl (C=O) groups excluding carboxylic acids is 1. The van der Waals surface area contributed by atoms with Crippen LogP contribution in [-0.4, -0.2) is 36.4 Å². The number of benzene rings is 1. The molecule has 0 saturated heterocycles. The number of alkyl carbamates (subject to hydrolysis) is 1. The van der Waals surface area contributed by atoms with Gasteiger partial charge in [0.15, 0.2) is 5.75 Å². The van der Waals surface area contributed by atoms with E-state index in [0.29, 0.717) is 0 Å². The van der Waals surface area contributed by atoms with Crippen LogP contribution in [0.4, 0.5) is 14.9 Å². The largest absolute Gasteiger partial charge is 0.490 e. The third-order valence-electron chi connectivity index (χ3n) is 2.93. The Balaban J connectivity index is 2.60. The number of hydrogen-bond donors (Lipinski definition) is 1. The van der Waals surface area contributed by atoms with Crippen LogP contribution in [-0.2, 0) is 16.1 Å². The summed E-state index contributed by atoms with van der Waals surface area (Å²) in [6, 6.07) is 1.63. The van der Waals surface area contributed by atoms with Crippen molar-refractivity contribution in [1.82, 2.24) is 5.32 Å². The number of carbonyl (C=O) groups is 1. The Bertz CT molecular complexity index is 630. The maximum atomic E-state index is 13.9. The summed E-state index contributed by atoms with van der Waals surface area (Å²) < 4.78 is 29.1. The minimum atomic E-state index is -0.671. The molecule has 1 amide bonds. The van der Waals surface area contributed by atoms with Crippen molar-refractivity contribution in [1.29, 1.82) is 0 Å². The summed E-state index contributed by atoms with van der Waals surface area (Å²) >= 11 is 0. The van der Waals surface area contributed by atoms with Crippen LogP contribution in [0.5, 0.6) is 5.75 Å². The van der Waals surface area contributed by atoms with E-state index in [4.69, 9.17) is 14.2 Å². The van der Waals surface area contributed by atoms with Crippen LogP contribution >= 0.6 is 0 Å². The van der Waals surface area contributed by atoms with Crippen molar-refractivity contribution < 1.29 is 28.3 Å². The number of ether oxygens (including phenoxy) is 3. The zero-order chi connectivity index (χ0) is 19.2. The van der Waals surface area contributed by atoms with E-state index in [1.165, 1.54) is 7.11 Å². The van der Waals surface area contributed by atoms with Gasteiger partial charge in [0.2, 0.25) is 0 Å². The number of halogens is 1. The monoisotopic (exact) mass is 358 g/mol. The number of rotatable bonds is 7. The maximum Gasteiger partial charge on any atom is 0.407 e. The molecule has 0 spiro atoms. The van der Waals surface area contributed by atoms with Gasteiger partial charge in [-0.15, -0.1) is 0 Å². The molecule has 9 heteroatoms. The number of nitro groups is 1. The molecule has 1 aromatic rings. The Labute approximate surface area is 145 Å². The Morgan fingerprint density at radius 1 is 1.40 bits per heavy atom. The second kappa shape index (κ2) is 8.61. The predicted octanol–water partition coefficient (Wildman–Crippen LogP) is 3.17. The number of nitrogens with zero attached hydrogens (tertiary/aromatic N) is 1. The maximum absolute atomic E-state index is 13.9. The Morgan fingerprint density at radius 3 is 2.56 bits per heavy atom. The molecule has 1 rings (SSSR count). The summed E-state index contributed by atoms with van der Waals surface area (Å²) in [5, 5.41) is 13.5. The lowest BCUT2D eigenvalue weighted by atomic mass is 10.2. The topological polar surface area (TPSA) is 99.9 Å². The van der Waals surface area contributed by atoms with Crippen molar-refractivity contribution in [2.75, 3.05) is 13.7 Å². The number of amides is 1. The van der Waals surface area contributed by atoms with Gasteiger partial charge in [0.05, 0.1) is 31.3 Å². The van der Waals surface area contributed by atoms with Gasteiger partial charge in [0.25, 0.3) is 0 Å². The van der Waals surface area contributed by atoms with E-state index >= 15 is 0 Å². The van der Waals surface area contributed by atoms with E-state index in [2.05, 4.69) is 5.32 Å². The van der Waals surface area contributed by atoms with Crippen LogP contribution in [0.2, 0.25) is 0 Å². The molecule has 0 saturated carbocycles. The van der Waals surface area contributed by atoms with Crippen molar-refractivity contribution >= 4 is 11.8 Å². The summed E-state index contributed by atoms with van der Waals surface area (Å²) in [5.74, 6) is -0.832. The molecule has 0 bridgehead atoms. The zero-order valence-electron chi connectivity index (χ0n) is 14.9. The van der Waals surface area contributed by atoms with Crippen molar-refractivity contribution in [2.45, 2.75) is 45.9 Å². The molecule has 0 heterocycles. The molecule has 140 valence electrons. The molecule has 25 heavy (non-hydrogen) atoms. The summed E-state index contributed by atoms with van der Waals surface area (Å²) in [4.78, 5) is 21.9. The fourth-order valence-electron chi connectivity index (χ4n) is 1.90. The average Bonchev–Trinajstić information content (AvgIpc) is 2.45. The Hall–Kier alpha value is -2.42. The Morgan fingerprint density at radius 2 is 2.04 bits per heavy atom. The fraction of sp³-hybridized carbons (Fsp3) is 0.562. The van der Waals surface area contributed by atoms with E-state index in [0.717, 1.165) is 12.1 Å². The third kappa shape index (κ3) is 6.92. The van der Waals surface area contributed by atoms with Gasteiger partial charge < -0.3 is 19.5 Å². The molecule has 0 fully saturated rings. The molecular formula is C16H23FN2O6. The predicted molar refractivity (Wildman–Crippen MR) is 88.1 cm³/mol. The molecule has 1 N–H and O–H groups in total. The van der Waals surface area contributed by atoms with Crippen molar-refractivity contribution in [2.24, 2.45) is 0 Å². The van der Waals surface area contributed by atoms with E-state index in [1.54, 1.807) is 27.7 Å². The summed E-state index contributed by atoms with van der Waals surface area (Å²) in [7, 11) is 1.22. The van der Waals surface area contributed by atoms with Gasteiger partial charge in [-0.05, 0) is 27.7 Å². The zero-order valence-corrected chi connectivity index (χ0v) is 14.9. The highest BCUT2D eigenvalue weighted by Crippen LogP contribution is 2.30. The smallest absolute Gasteiger partial charge is 0.407 e. The second-order valence-corrected chi connectivity index (χ2v) is 6.43. The van der Waals surface area contributed by atoms with Crippen LogP contribution in [0.25, 0.3) is 0 Å². The van der Waals surface area contributed by atoms with Gasteiger partial charge in [-0.3, -0.25) is 10.1 Å². The van der Waals surface area contributed by atoms with E-state index < -0.39 is 22.4 Å². The van der Waals surface area contributed by atoms with E-state index in [1.807, 2.05) is 0 Å². The molecule has 0 aliphatic carbocycles. The van der Waals surface area contributed by atoms with Crippen LogP contribution in [0, 0.1) is 15.9 Å². The molecule has 8 nitrogen and oxygen atoms in total. The molecule has 0 radical (unpaired) electrons. The highest BCUT2D eigenvalue weighted by Gasteiger charge is 2.20. The number of nitro benzene ring substituents is 1. The molecular weight excluding hydrogens is 335 g/mol. The first-order valence-corrected chi connectivity index (χ1v) is 7.61. The lowest BCUT2D eigenvalue weighted by molar-refractivity contribution is -0.385. The second-order valence-electron chi connectivity index (χ2n) is 6.43. The molecule has 1 atom stereocenters. The summed E-state index contributed by atoms with van der Waals surface area (Å²) in [6.07, 6.45) is -0.588. The fourth-order valence-corrected chi connectivity index (χ4v) is 1.90. The normalized spacial score (nSPS) is 12.4. The van der Waals surface area contributed by atoms with Crippen molar-refractivity contribution in [3.63, 3.8) is 0 Å². The Kier molecular flexibility index (Phi) is 7.10. The quantitative estimate of drug-likeness (QED) is 0.593. The first kappa shape index (κ1) is 20.6. The molecule has 1 unspecified atom stereocenters. The lowest BCUT2D eigenvalue weighted by Gasteiger charge is -2.22. The average molecular weight is 358 g/mol. The minimum Gasteiger partial charge on any atom is -0.490 e. The summed E-state index contributed by atoms with van der Waals surface area (Å²) in [6.45, 7) is 6.82. The third-order valence-corrected chi connectivity index (χ3v) is 2.93. The standard InChI is InChI=1S/C16H23FN2O6/c1-10(18-15(20)25-16(2,3)4)8-24-9-11-6-13(19(21)22)14(23-5)7-12(11)17/h6-7,10H,8-9H2,1-5H3,(H,18,20).